The van der Waals surface area contributed by atoms with Gasteiger partial charge in [0.25, 0.3) is 5.91 Å². The highest BCUT2D eigenvalue weighted by Crippen LogP contribution is 2.34. The average molecular weight is 419 g/mol. The molecule has 3 N–H and O–H groups in total. The van der Waals surface area contributed by atoms with E-state index in [2.05, 4.69) is 32.7 Å². The zero-order valence-corrected chi connectivity index (χ0v) is 17.4. The Morgan fingerprint density at radius 2 is 2.10 bits per heavy atom. The third kappa shape index (κ3) is 3.74. The Morgan fingerprint density at radius 3 is 2.90 bits per heavy atom. The van der Waals surface area contributed by atoms with Crippen molar-refractivity contribution in [1.29, 1.82) is 0 Å². The zero-order valence-electron chi connectivity index (χ0n) is 17.4. The molecular weight excluding hydrogens is 394 g/mol. The number of fused-ring (bicyclic) bond motifs is 2. The third-order valence-corrected chi connectivity index (χ3v) is 6.19. The first-order valence-corrected chi connectivity index (χ1v) is 10.6. The number of anilines is 2. The predicted octanol–water partition coefficient (Wildman–Crippen LogP) is 3.52. The molecule has 2 aliphatic rings. The van der Waals surface area contributed by atoms with Crippen LogP contribution in [0.2, 0.25) is 0 Å². The number of likely N-dealkylation sites (tertiary alicyclic amines) is 1. The van der Waals surface area contributed by atoms with Gasteiger partial charge in [-0.3, -0.25) is 9.78 Å². The van der Waals surface area contributed by atoms with Crippen LogP contribution in [0.3, 0.4) is 0 Å². The van der Waals surface area contributed by atoms with Crippen molar-refractivity contribution in [1.82, 2.24) is 15.2 Å². The lowest BCUT2D eigenvalue weighted by Crippen LogP contribution is -2.43. The Bertz CT molecular complexity index is 1160. The minimum atomic E-state index is -0.218. The molecule has 1 aliphatic carbocycles. The molecule has 2 aromatic heterocycles. The molecule has 1 saturated heterocycles. The van der Waals surface area contributed by atoms with Gasteiger partial charge in [0.2, 0.25) is 5.76 Å². The summed E-state index contributed by atoms with van der Waals surface area (Å²) in [6.45, 7) is 1.93. The van der Waals surface area contributed by atoms with E-state index in [0.29, 0.717) is 17.0 Å². The number of carbonyl (C=O) groups is 1. The van der Waals surface area contributed by atoms with Crippen molar-refractivity contribution in [2.75, 3.05) is 25.5 Å². The van der Waals surface area contributed by atoms with E-state index in [1.807, 2.05) is 24.3 Å². The van der Waals surface area contributed by atoms with Crippen molar-refractivity contribution in [3.05, 3.63) is 53.5 Å². The van der Waals surface area contributed by atoms with Gasteiger partial charge in [-0.05, 0) is 69.6 Å². The molecule has 31 heavy (non-hydrogen) atoms. The van der Waals surface area contributed by atoms with Crippen LogP contribution >= 0.6 is 0 Å². The van der Waals surface area contributed by atoms with Gasteiger partial charge in [0.15, 0.2) is 5.58 Å². The lowest BCUT2D eigenvalue weighted by molar-refractivity contribution is 0.0892. The summed E-state index contributed by atoms with van der Waals surface area (Å²) in [6.07, 6.45) is 6.70. The largest absolute Gasteiger partial charge is 0.447 e. The number of aromatic nitrogens is 1. The van der Waals surface area contributed by atoms with E-state index in [9.17, 15) is 4.79 Å². The number of rotatable bonds is 4. The lowest BCUT2D eigenvalue weighted by atomic mass is 10.1. The van der Waals surface area contributed by atoms with E-state index in [0.717, 1.165) is 61.0 Å². The summed E-state index contributed by atoms with van der Waals surface area (Å²) in [7, 11) is 2.10. The monoisotopic (exact) mass is 419 g/mol. The molecule has 0 unspecified atom stereocenters. The molecule has 1 amide bonds. The first-order valence-electron chi connectivity index (χ1n) is 10.6. The van der Waals surface area contributed by atoms with Gasteiger partial charge in [-0.2, -0.15) is 0 Å². The molecule has 160 valence electrons. The number of nitrogens with one attached hydrogen (secondary N) is 2. The topological polar surface area (TPSA) is 103 Å². The Hall–Kier alpha value is -3.39. The quantitative estimate of drug-likeness (QED) is 0.442. The second-order valence-electron chi connectivity index (χ2n) is 8.27. The van der Waals surface area contributed by atoms with Gasteiger partial charge >= 0.3 is 0 Å². The molecule has 5 rings (SSSR count). The molecule has 8 nitrogen and oxygen atoms in total. The van der Waals surface area contributed by atoms with Crippen LogP contribution in [-0.2, 0) is 6.42 Å². The molecule has 1 aromatic carbocycles. The Labute approximate surface area is 179 Å². The van der Waals surface area contributed by atoms with E-state index in [1.165, 1.54) is 0 Å². The molecule has 0 saturated carbocycles. The molecule has 0 spiro atoms. The SMILES string of the molecule is CN1CCC(NC(=O)c2oc3cnccc3c2Nc2ccc3c(c2)CC/C3=N\O)CC1. The maximum absolute atomic E-state index is 13.1. The van der Waals surface area contributed by atoms with Gasteiger partial charge in [-0.15, -0.1) is 0 Å². The molecule has 0 radical (unpaired) electrons. The summed E-state index contributed by atoms with van der Waals surface area (Å²) < 4.78 is 5.92. The van der Waals surface area contributed by atoms with E-state index < -0.39 is 0 Å². The fourth-order valence-corrected chi connectivity index (χ4v) is 4.43. The Morgan fingerprint density at radius 1 is 1.26 bits per heavy atom. The van der Waals surface area contributed by atoms with Gasteiger partial charge in [-0.25, -0.2) is 0 Å². The first-order chi connectivity index (χ1) is 15.1. The number of amides is 1. The highest BCUT2D eigenvalue weighted by molar-refractivity contribution is 6.08. The summed E-state index contributed by atoms with van der Waals surface area (Å²) in [4.78, 5) is 19.5. The number of carbonyl (C=O) groups excluding carboxylic acids is 1. The van der Waals surface area contributed by atoms with Crippen molar-refractivity contribution in [3.8, 4) is 0 Å². The maximum atomic E-state index is 13.1. The van der Waals surface area contributed by atoms with Crippen LogP contribution in [0.5, 0.6) is 0 Å². The standard InChI is InChI=1S/C23H25N5O3/c1-28-10-7-15(8-11-28)26-23(29)22-21(18-6-9-24-13-20(18)31-22)25-16-3-4-17-14(12-16)2-5-19(17)27-30/h3-4,6,9,12-13,15,25,30H,2,5,7-8,10-11H2,1H3,(H,26,29)/b27-19+. The number of nitrogens with zero attached hydrogens (tertiary/aromatic N) is 3. The summed E-state index contributed by atoms with van der Waals surface area (Å²) in [5.74, 6) is 0.0455. The fraction of sp³-hybridized carbons (Fsp3) is 0.348. The van der Waals surface area contributed by atoms with Gasteiger partial charge < -0.3 is 25.2 Å². The fourth-order valence-electron chi connectivity index (χ4n) is 4.43. The second-order valence-corrected chi connectivity index (χ2v) is 8.27. The second kappa shape index (κ2) is 8.03. The number of furan rings is 1. The normalized spacial score (nSPS) is 18.4. The zero-order chi connectivity index (χ0) is 21.4. The predicted molar refractivity (Wildman–Crippen MR) is 118 cm³/mol. The minimum absolute atomic E-state index is 0.138. The summed E-state index contributed by atoms with van der Waals surface area (Å²) >= 11 is 0. The van der Waals surface area contributed by atoms with Crippen molar-refractivity contribution in [3.63, 3.8) is 0 Å². The Balaban J connectivity index is 1.45. The number of hydrogen-bond acceptors (Lipinski definition) is 7. The molecular formula is C23H25N5O3. The van der Waals surface area contributed by atoms with Crippen molar-refractivity contribution in [2.45, 2.75) is 31.7 Å². The number of piperidine rings is 1. The van der Waals surface area contributed by atoms with Crippen LogP contribution in [0.15, 0.2) is 46.2 Å². The van der Waals surface area contributed by atoms with Crippen molar-refractivity contribution in [2.24, 2.45) is 5.16 Å². The highest BCUT2D eigenvalue weighted by atomic mass is 16.4. The molecule has 0 atom stereocenters. The molecule has 3 aromatic rings. The first kappa shape index (κ1) is 19.6. The number of pyridine rings is 1. The van der Waals surface area contributed by atoms with E-state index in [4.69, 9.17) is 9.62 Å². The number of hydrogen-bond donors (Lipinski definition) is 3. The summed E-state index contributed by atoms with van der Waals surface area (Å²) in [5.41, 5.74) is 4.84. The molecule has 8 heteroatoms. The van der Waals surface area contributed by atoms with Gasteiger partial charge in [-0.1, -0.05) is 11.2 Å². The van der Waals surface area contributed by atoms with E-state index in [1.54, 1.807) is 12.4 Å². The average Bonchev–Trinajstić information content (AvgIpc) is 3.36. The van der Waals surface area contributed by atoms with Gasteiger partial charge in [0, 0.05) is 28.9 Å². The van der Waals surface area contributed by atoms with Crippen LogP contribution in [0.1, 0.15) is 40.9 Å². The molecule has 0 bridgehead atoms. The summed E-state index contributed by atoms with van der Waals surface area (Å²) in [5, 5.41) is 19.9. The molecule has 3 heterocycles. The van der Waals surface area contributed by atoms with E-state index >= 15 is 0 Å². The summed E-state index contributed by atoms with van der Waals surface area (Å²) in [6, 6.07) is 7.89. The number of benzene rings is 1. The van der Waals surface area contributed by atoms with Crippen LogP contribution < -0.4 is 10.6 Å². The van der Waals surface area contributed by atoms with Crippen LogP contribution in [-0.4, -0.2) is 52.9 Å². The highest BCUT2D eigenvalue weighted by Gasteiger charge is 2.26. The molecule has 1 aliphatic heterocycles. The number of oxime groups is 1. The van der Waals surface area contributed by atoms with Crippen LogP contribution in [0, 0.1) is 0 Å². The van der Waals surface area contributed by atoms with Crippen molar-refractivity contribution >= 4 is 34.0 Å². The Kier molecular flexibility index (Phi) is 5.07. The van der Waals surface area contributed by atoms with Crippen LogP contribution in [0.4, 0.5) is 11.4 Å². The van der Waals surface area contributed by atoms with Gasteiger partial charge in [0.1, 0.15) is 0 Å². The van der Waals surface area contributed by atoms with Crippen molar-refractivity contribution < 1.29 is 14.4 Å². The van der Waals surface area contributed by atoms with Gasteiger partial charge in [0.05, 0.1) is 17.6 Å². The number of aryl methyl sites for hydroxylation is 1. The lowest BCUT2D eigenvalue weighted by Gasteiger charge is -2.29. The van der Waals surface area contributed by atoms with Crippen LogP contribution in [0.25, 0.3) is 11.0 Å². The van der Waals surface area contributed by atoms with E-state index in [-0.39, 0.29) is 17.7 Å². The molecule has 1 fully saturated rings. The smallest absolute Gasteiger partial charge is 0.289 e. The minimum Gasteiger partial charge on any atom is -0.447 e. The third-order valence-electron chi connectivity index (χ3n) is 6.19. The maximum Gasteiger partial charge on any atom is 0.289 e.